The molecule has 0 spiro atoms. The van der Waals surface area contributed by atoms with Crippen LogP contribution in [0.3, 0.4) is 0 Å². The minimum atomic E-state index is 0.671. The van der Waals surface area contributed by atoms with Gasteiger partial charge in [0.2, 0.25) is 0 Å². The number of aromatic nitrogens is 4. The second kappa shape index (κ2) is 8.55. The van der Waals surface area contributed by atoms with Crippen molar-refractivity contribution in [1.29, 1.82) is 0 Å². The van der Waals surface area contributed by atoms with Crippen LogP contribution in [-0.4, -0.2) is 47.0 Å². The van der Waals surface area contributed by atoms with Crippen molar-refractivity contribution in [1.82, 2.24) is 19.6 Å². The first-order chi connectivity index (χ1) is 12.7. The van der Waals surface area contributed by atoms with Crippen LogP contribution >= 0.6 is 0 Å². The third-order valence-corrected chi connectivity index (χ3v) is 5.07. The maximum absolute atomic E-state index is 5.94. The molecule has 2 aromatic heterocycles. The van der Waals surface area contributed by atoms with E-state index >= 15 is 0 Å². The van der Waals surface area contributed by atoms with Crippen LogP contribution in [0.4, 0.5) is 11.6 Å². The number of hydrogen-bond donors (Lipinski definition) is 2. The molecule has 26 heavy (non-hydrogen) atoms. The molecule has 2 aliphatic carbocycles. The van der Waals surface area contributed by atoms with Crippen molar-refractivity contribution in [3.63, 3.8) is 0 Å². The molecular weight excluding hydrogens is 332 g/mol. The van der Waals surface area contributed by atoms with Gasteiger partial charge in [-0.25, -0.2) is 4.68 Å². The lowest BCUT2D eigenvalue weighted by atomic mass is 10.3. The van der Waals surface area contributed by atoms with E-state index in [1.165, 1.54) is 35.4 Å². The molecule has 0 saturated heterocycles. The highest BCUT2D eigenvalue weighted by Gasteiger charge is 2.20. The highest BCUT2D eigenvalue weighted by molar-refractivity contribution is 5.46. The van der Waals surface area contributed by atoms with E-state index < -0.39 is 0 Å². The number of ether oxygens (including phenoxy) is 2. The summed E-state index contributed by atoms with van der Waals surface area (Å²) in [6.07, 6.45) is 6.79. The Morgan fingerprint density at radius 1 is 0.846 bits per heavy atom. The van der Waals surface area contributed by atoms with Crippen LogP contribution in [0.5, 0.6) is 0 Å². The molecule has 2 heterocycles. The van der Waals surface area contributed by atoms with Gasteiger partial charge in [0.15, 0.2) is 0 Å². The van der Waals surface area contributed by atoms with E-state index in [1.54, 1.807) is 14.2 Å². The van der Waals surface area contributed by atoms with Gasteiger partial charge < -0.3 is 20.9 Å². The first kappa shape index (κ1) is 18.7. The van der Waals surface area contributed by atoms with E-state index in [9.17, 15) is 0 Å². The lowest BCUT2D eigenvalue weighted by Gasteiger charge is -2.03. The van der Waals surface area contributed by atoms with Crippen molar-refractivity contribution < 1.29 is 9.47 Å². The van der Waals surface area contributed by atoms with Crippen molar-refractivity contribution in [2.75, 3.05) is 38.9 Å². The summed E-state index contributed by atoms with van der Waals surface area (Å²) in [5.41, 5.74) is 16.8. The van der Waals surface area contributed by atoms with Gasteiger partial charge in [0, 0.05) is 31.0 Å². The SMILES string of the molecule is COCCn1nc(N)c2c1CCC2.COCCn1nc2c(c1N)CCC2. The second-order valence-corrected chi connectivity index (χ2v) is 6.76. The summed E-state index contributed by atoms with van der Waals surface area (Å²) in [5.74, 6) is 1.55. The fraction of sp³-hybridized carbons (Fsp3) is 0.667. The lowest BCUT2D eigenvalue weighted by Crippen LogP contribution is -2.10. The zero-order chi connectivity index (χ0) is 18.5. The standard InChI is InChI=1S/2C9H15N3O/c1-13-6-5-12-8-4-2-3-7(8)9(10)11-12;1-13-6-5-12-9(10)7-3-2-4-8(7)11-12/h2-6H2,1H3,(H2,10,11);2-6,10H2,1H3. The Kier molecular flexibility index (Phi) is 6.16. The third-order valence-electron chi connectivity index (χ3n) is 5.07. The van der Waals surface area contributed by atoms with Crippen molar-refractivity contribution in [2.45, 2.75) is 51.6 Å². The summed E-state index contributed by atoms with van der Waals surface area (Å²) in [6.45, 7) is 2.95. The summed E-state index contributed by atoms with van der Waals surface area (Å²) in [7, 11) is 3.39. The third kappa shape index (κ3) is 3.86. The van der Waals surface area contributed by atoms with Gasteiger partial charge in [0.05, 0.1) is 32.0 Å². The molecular formula is C18H30N6O2. The van der Waals surface area contributed by atoms with Crippen molar-refractivity contribution in [3.8, 4) is 0 Å². The molecule has 4 N–H and O–H groups in total. The molecule has 8 heteroatoms. The number of nitrogens with two attached hydrogens (primary N) is 2. The summed E-state index contributed by atoms with van der Waals surface area (Å²) in [4.78, 5) is 0. The summed E-state index contributed by atoms with van der Waals surface area (Å²) >= 11 is 0. The fourth-order valence-electron chi connectivity index (χ4n) is 3.72. The van der Waals surface area contributed by atoms with Crippen LogP contribution in [0.2, 0.25) is 0 Å². The average Bonchev–Trinajstić information content (AvgIpc) is 3.38. The van der Waals surface area contributed by atoms with E-state index in [1.807, 2.05) is 9.36 Å². The molecule has 0 bridgehead atoms. The number of hydrogen-bond acceptors (Lipinski definition) is 6. The van der Waals surface area contributed by atoms with Gasteiger partial charge in [0.1, 0.15) is 11.6 Å². The highest BCUT2D eigenvalue weighted by Crippen LogP contribution is 2.27. The van der Waals surface area contributed by atoms with Gasteiger partial charge >= 0.3 is 0 Å². The molecule has 0 amide bonds. The zero-order valence-electron chi connectivity index (χ0n) is 15.8. The molecule has 0 aliphatic heterocycles. The van der Waals surface area contributed by atoms with Crippen LogP contribution in [0.25, 0.3) is 0 Å². The number of fused-ring (bicyclic) bond motifs is 2. The first-order valence-corrected chi connectivity index (χ1v) is 9.31. The minimum absolute atomic E-state index is 0.671. The van der Waals surface area contributed by atoms with Crippen LogP contribution in [0, 0.1) is 0 Å². The predicted octanol–water partition coefficient (Wildman–Crippen LogP) is 1.20. The Bertz CT molecular complexity index is 737. The van der Waals surface area contributed by atoms with Crippen LogP contribution in [0.1, 0.15) is 35.4 Å². The Hall–Kier alpha value is -2.06. The van der Waals surface area contributed by atoms with Crippen molar-refractivity contribution in [2.24, 2.45) is 0 Å². The maximum atomic E-state index is 5.94. The number of nitrogens with zero attached hydrogens (tertiary/aromatic N) is 4. The van der Waals surface area contributed by atoms with Gasteiger partial charge in [-0.2, -0.15) is 10.2 Å². The maximum Gasteiger partial charge on any atom is 0.148 e. The predicted molar refractivity (Wildman–Crippen MR) is 101 cm³/mol. The Labute approximate surface area is 154 Å². The number of rotatable bonds is 6. The second-order valence-electron chi connectivity index (χ2n) is 6.76. The lowest BCUT2D eigenvalue weighted by molar-refractivity contribution is 0.182. The molecule has 144 valence electrons. The topological polar surface area (TPSA) is 106 Å². The van der Waals surface area contributed by atoms with Gasteiger partial charge in [-0.15, -0.1) is 0 Å². The smallest absolute Gasteiger partial charge is 0.148 e. The molecule has 0 aromatic carbocycles. The van der Waals surface area contributed by atoms with E-state index in [0.29, 0.717) is 19.0 Å². The number of anilines is 2. The molecule has 0 saturated carbocycles. The Balaban J connectivity index is 0.000000151. The number of aryl methyl sites for hydroxylation is 1. The van der Waals surface area contributed by atoms with Gasteiger partial charge in [0.25, 0.3) is 0 Å². The molecule has 0 atom stereocenters. The van der Waals surface area contributed by atoms with Gasteiger partial charge in [-0.3, -0.25) is 4.68 Å². The van der Waals surface area contributed by atoms with E-state index in [2.05, 4.69) is 10.2 Å². The van der Waals surface area contributed by atoms with Gasteiger partial charge in [-0.05, 0) is 38.5 Å². The summed E-state index contributed by atoms with van der Waals surface area (Å²) in [6, 6.07) is 0. The minimum Gasteiger partial charge on any atom is -0.384 e. The molecule has 0 unspecified atom stereocenters. The first-order valence-electron chi connectivity index (χ1n) is 9.31. The average molecular weight is 362 g/mol. The molecule has 0 radical (unpaired) electrons. The summed E-state index contributed by atoms with van der Waals surface area (Å²) < 4.78 is 13.8. The number of methoxy groups -OCH3 is 2. The molecule has 2 aliphatic rings. The molecule has 8 nitrogen and oxygen atoms in total. The zero-order valence-corrected chi connectivity index (χ0v) is 15.8. The van der Waals surface area contributed by atoms with E-state index in [0.717, 1.165) is 44.6 Å². The van der Waals surface area contributed by atoms with E-state index in [-0.39, 0.29) is 0 Å². The van der Waals surface area contributed by atoms with E-state index in [4.69, 9.17) is 20.9 Å². The fourth-order valence-corrected chi connectivity index (χ4v) is 3.72. The Morgan fingerprint density at radius 3 is 2.19 bits per heavy atom. The molecule has 2 aromatic rings. The van der Waals surface area contributed by atoms with Gasteiger partial charge in [-0.1, -0.05) is 0 Å². The van der Waals surface area contributed by atoms with Crippen LogP contribution in [0.15, 0.2) is 0 Å². The van der Waals surface area contributed by atoms with Crippen molar-refractivity contribution in [3.05, 3.63) is 22.5 Å². The van der Waals surface area contributed by atoms with Crippen molar-refractivity contribution >= 4 is 11.6 Å². The number of nitrogen functional groups attached to an aromatic ring is 2. The normalized spacial score (nSPS) is 14.8. The largest absolute Gasteiger partial charge is 0.384 e. The highest BCUT2D eigenvalue weighted by atomic mass is 16.5. The molecule has 4 rings (SSSR count). The molecule has 0 fully saturated rings. The Morgan fingerprint density at radius 2 is 1.50 bits per heavy atom. The van der Waals surface area contributed by atoms with Crippen LogP contribution < -0.4 is 11.5 Å². The quantitative estimate of drug-likeness (QED) is 0.800. The monoisotopic (exact) mass is 362 g/mol. The van der Waals surface area contributed by atoms with Crippen LogP contribution in [-0.2, 0) is 48.2 Å². The summed E-state index contributed by atoms with van der Waals surface area (Å²) in [5, 5.41) is 8.72.